The molecule has 1 N–H and O–H groups in total. The monoisotopic (exact) mass is 395 g/mol. The van der Waals surface area contributed by atoms with Crippen LogP contribution in [0.25, 0.3) is 17.5 Å². The van der Waals surface area contributed by atoms with Gasteiger partial charge in [-0.05, 0) is 42.0 Å². The third kappa shape index (κ3) is 3.98. The summed E-state index contributed by atoms with van der Waals surface area (Å²) in [7, 11) is 3.11. The maximum Gasteiger partial charge on any atom is 0.322 e. The van der Waals surface area contributed by atoms with Crippen molar-refractivity contribution in [2.24, 2.45) is 0 Å². The number of ether oxygens (including phenoxy) is 4. The van der Waals surface area contributed by atoms with Crippen LogP contribution in [0.4, 0.5) is 6.01 Å². The van der Waals surface area contributed by atoms with Gasteiger partial charge in [0.25, 0.3) is 5.91 Å². The molecule has 9 heteroatoms. The second-order valence-corrected chi connectivity index (χ2v) is 5.92. The first kappa shape index (κ1) is 18.4. The van der Waals surface area contributed by atoms with E-state index in [4.69, 9.17) is 23.4 Å². The summed E-state index contributed by atoms with van der Waals surface area (Å²) in [6, 6.07) is 10.6. The van der Waals surface area contributed by atoms with Gasteiger partial charge in [-0.15, -0.1) is 5.10 Å². The van der Waals surface area contributed by atoms with Gasteiger partial charge in [0, 0.05) is 11.6 Å². The molecule has 0 saturated heterocycles. The fourth-order valence-corrected chi connectivity index (χ4v) is 2.70. The van der Waals surface area contributed by atoms with E-state index < -0.39 is 5.91 Å². The Balaban J connectivity index is 1.42. The van der Waals surface area contributed by atoms with Crippen molar-refractivity contribution in [2.45, 2.75) is 0 Å². The smallest absolute Gasteiger partial charge is 0.322 e. The van der Waals surface area contributed by atoms with Gasteiger partial charge in [0.05, 0.1) is 14.2 Å². The third-order valence-corrected chi connectivity index (χ3v) is 4.11. The third-order valence-electron chi connectivity index (χ3n) is 4.11. The number of hydrogen-bond donors (Lipinski definition) is 1. The minimum atomic E-state index is -0.416. The molecule has 29 heavy (non-hydrogen) atoms. The predicted octanol–water partition coefficient (Wildman–Crippen LogP) is 3.13. The van der Waals surface area contributed by atoms with E-state index in [1.165, 1.54) is 6.08 Å². The SMILES string of the molecule is COc1ccc(/C=C/C(=O)Nc2nnc(-c3ccc4c(c3)OCO4)o2)cc1OC. The number of hydrogen-bond acceptors (Lipinski definition) is 8. The number of carbonyl (C=O) groups excluding carboxylic acids is 1. The lowest BCUT2D eigenvalue weighted by atomic mass is 10.2. The van der Waals surface area contributed by atoms with Crippen LogP contribution in [0.1, 0.15) is 5.56 Å². The molecule has 4 rings (SSSR count). The number of aromatic nitrogens is 2. The Morgan fingerprint density at radius 3 is 2.69 bits per heavy atom. The Bertz CT molecular complexity index is 1080. The second-order valence-electron chi connectivity index (χ2n) is 5.92. The molecule has 0 saturated carbocycles. The van der Waals surface area contributed by atoms with Crippen molar-refractivity contribution in [2.75, 3.05) is 26.3 Å². The topological polar surface area (TPSA) is 105 Å². The average molecular weight is 395 g/mol. The zero-order valence-corrected chi connectivity index (χ0v) is 15.7. The highest BCUT2D eigenvalue weighted by Crippen LogP contribution is 2.35. The van der Waals surface area contributed by atoms with E-state index in [-0.39, 0.29) is 18.7 Å². The summed E-state index contributed by atoms with van der Waals surface area (Å²) >= 11 is 0. The molecule has 2 heterocycles. The first-order valence-corrected chi connectivity index (χ1v) is 8.61. The van der Waals surface area contributed by atoms with Gasteiger partial charge in [-0.1, -0.05) is 11.2 Å². The van der Waals surface area contributed by atoms with E-state index in [9.17, 15) is 4.79 Å². The number of methoxy groups -OCH3 is 2. The molecule has 0 fully saturated rings. The van der Waals surface area contributed by atoms with E-state index in [0.717, 1.165) is 5.56 Å². The average Bonchev–Trinajstić information content (AvgIpc) is 3.40. The van der Waals surface area contributed by atoms with Crippen molar-refractivity contribution in [3.05, 3.63) is 48.0 Å². The minimum absolute atomic E-state index is 0.0142. The van der Waals surface area contributed by atoms with Gasteiger partial charge in [0.2, 0.25) is 12.7 Å². The molecule has 3 aromatic rings. The molecule has 0 radical (unpaired) electrons. The number of carbonyl (C=O) groups is 1. The fraction of sp³-hybridized carbons (Fsp3) is 0.150. The maximum absolute atomic E-state index is 12.1. The highest BCUT2D eigenvalue weighted by atomic mass is 16.7. The molecule has 9 nitrogen and oxygen atoms in total. The van der Waals surface area contributed by atoms with E-state index in [1.54, 1.807) is 56.7 Å². The lowest BCUT2D eigenvalue weighted by Gasteiger charge is -2.07. The van der Waals surface area contributed by atoms with Crippen LogP contribution >= 0.6 is 0 Å². The van der Waals surface area contributed by atoms with Crippen molar-refractivity contribution in [1.29, 1.82) is 0 Å². The molecule has 0 atom stereocenters. The zero-order valence-electron chi connectivity index (χ0n) is 15.7. The van der Waals surface area contributed by atoms with Gasteiger partial charge in [0.1, 0.15) is 0 Å². The largest absolute Gasteiger partial charge is 0.493 e. The Kier molecular flexibility index (Phi) is 5.02. The summed E-state index contributed by atoms with van der Waals surface area (Å²) < 4.78 is 26.5. The molecule has 1 aliphatic heterocycles. The van der Waals surface area contributed by atoms with Gasteiger partial charge in [-0.2, -0.15) is 0 Å². The van der Waals surface area contributed by atoms with Crippen molar-refractivity contribution >= 4 is 18.0 Å². The molecule has 1 aromatic heterocycles. The van der Waals surface area contributed by atoms with Crippen LogP contribution in [0.5, 0.6) is 23.0 Å². The Hall–Kier alpha value is -4.01. The van der Waals surface area contributed by atoms with E-state index >= 15 is 0 Å². The van der Waals surface area contributed by atoms with Gasteiger partial charge in [-0.3, -0.25) is 10.1 Å². The number of benzene rings is 2. The maximum atomic E-state index is 12.1. The quantitative estimate of drug-likeness (QED) is 0.635. The molecule has 2 aromatic carbocycles. The Labute approximate surface area is 165 Å². The van der Waals surface area contributed by atoms with Crippen molar-refractivity contribution in [3.63, 3.8) is 0 Å². The van der Waals surface area contributed by atoms with Crippen LogP contribution in [0.3, 0.4) is 0 Å². The molecule has 0 spiro atoms. The molecule has 1 amide bonds. The number of rotatable bonds is 6. The number of anilines is 1. The normalized spacial score (nSPS) is 12.2. The van der Waals surface area contributed by atoms with Crippen LogP contribution in [-0.2, 0) is 4.79 Å². The van der Waals surface area contributed by atoms with Crippen LogP contribution in [0, 0.1) is 0 Å². The first-order chi connectivity index (χ1) is 14.2. The van der Waals surface area contributed by atoms with E-state index in [0.29, 0.717) is 28.6 Å². The highest BCUT2D eigenvalue weighted by Gasteiger charge is 2.17. The summed E-state index contributed by atoms with van der Waals surface area (Å²) in [5.41, 5.74) is 1.42. The minimum Gasteiger partial charge on any atom is -0.493 e. The van der Waals surface area contributed by atoms with Crippen LogP contribution in [0.2, 0.25) is 0 Å². The van der Waals surface area contributed by atoms with Gasteiger partial charge >= 0.3 is 6.01 Å². The lowest BCUT2D eigenvalue weighted by Crippen LogP contribution is -2.07. The molecular weight excluding hydrogens is 378 g/mol. The van der Waals surface area contributed by atoms with Crippen LogP contribution < -0.4 is 24.3 Å². The van der Waals surface area contributed by atoms with Crippen molar-refractivity contribution < 1.29 is 28.2 Å². The zero-order chi connectivity index (χ0) is 20.2. The first-order valence-electron chi connectivity index (χ1n) is 8.61. The molecule has 148 valence electrons. The number of nitrogens with zero attached hydrogens (tertiary/aromatic N) is 2. The second kappa shape index (κ2) is 7.93. The van der Waals surface area contributed by atoms with Crippen molar-refractivity contribution in [3.8, 4) is 34.5 Å². The highest BCUT2D eigenvalue weighted by molar-refractivity contribution is 6.00. The Morgan fingerprint density at radius 1 is 1.03 bits per heavy atom. The standard InChI is InChI=1S/C20H17N3O6/c1-25-14-6-3-12(9-16(14)26-2)4-8-18(24)21-20-23-22-19(29-20)13-5-7-15-17(10-13)28-11-27-15/h3-10H,11H2,1-2H3,(H,21,23,24)/b8-4+. The molecule has 0 aliphatic carbocycles. The number of amides is 1. The summed E-state index contributed by atoms with van der Waals surface area (Å²) in [5.74, 6) is 2.27. The van der Waals surface area contributed by atoms with Gasteiger partial charge in [0.15, 0.2) is 23.0 Å². The summed E-state index contributed by atoms with van der Waals surface area (Å²) in [6.45, 7) is 0.177. The molecule has 0 unspecified atom stereocenters. The van der Waals surface area contributed by atoms with E-state index in [1.807, 2.05) is 0 Å². The summed E-state index contributed by atoms with van der Waals surface area (Å²) in [6.07, 6.45) is 2.98. The summed E-state index contributed by atoms with van der Waals surface area (Å²) in [4.78, 5) is 12.1. The van der Waals surface area contributed by atoms with Gasteiger partial charge < -0.3 is 23.4 Å². The molecule has 1 aliphatic rings. The van der Waals surface area contributed by atoms with Crippen LogP contribution in [-0.4, -0.2) is 37.1 Å². The fourth-order valence-electron chi connectivity index (χ4n) is 2.70. The number of nitrogens with one attached hydrogen (secondary N) is 1. The van der Waals surface area contributed by atoms with Crippen LogP contribution in [0.15, 0.2) is 46.9 Å². The Morgan fingerprint density at radius 2 is 1.86 bits per heavy atom. The summed E-state index contributed by atoms with van der Waals surface area (Å²) in [5, 5.41) is 10.3. The number of fused-ring (bicyclic) bond motifs is 1. The molecular formula is C20H17N3O6. The van der Waals surface area contributed by atoms with Crippen molar-refractivity contribution in [1.82, 2.24) is 10.2 Å². The van der Waals surface area contributed by atoms with E-state index in [2.05, 4.69) is 15.5 Å². The van der Waals surface area contributed by atoms with Gasteiger partial charge in [-0.25, -0.2) is 0 Å². The predicted molar refractivity (Wildman–Crippen MR) is 103 cm³/mol. The molecule has 0 bridgehead atoms. The lowest BCUT2D eigenvalue weighted by molar-refractivity contribution is -0.112.